The van der Waals surface area contributed by atoms with Crippen LogP contribution >= 0.6 is 11.6 Å². The van der Waals surface area contributed by atoms with Crippen molar-refractivity contribution in [2.45, 2.75) is 48.7 Å². The zero-order chi connectivity index (χ0) is 21.4. The molecule has 9 heteroatoms. The molecule has 2 aromatic rings. The lowest BCUT2D eigenvalue weighted by atomic mass is 9.73. The Morgan fingerprint density at radius 3 is 2.07 bits per heavy atom. The van der Waals surface area contributed by atoms with Crippen LogP contribution < -0.4 is 0 Å². The van der Waals surface area contributed by atoms with E-state index in [1.165, 1.54) is 12.1 Å². The molecule has 0 radical (unpaired) electrons. The van der Waals surface area contributed by atoms with E-state index >= 15 is 0 Å². The third kappa shape index (κ3) is 4.78. The zero-order valence-corrected chi connectivity index (χ0v) is 17.2. The van der Waals surface area contributed by atoms with Crippen LogP contribution in [0.15, 0.2) is 41.3 Å². The van der Waals surface area contributed by atoms with Crippen molar-refractivity contribution >= 4 is 21.7 Å². The topological polar surface area (TPSA) is 83.8 Å². The van der Waals surface area contributed by atoms with Crippen molar-refractivity contribution < 1.29 is 31.6 Å². The van der Waals surface area contributed by atoms with Crippen LogP contribution in [0.4, 0.5) is 8.78 Å². The predicted molar refractivity (Wildman–Crippen MR) is 103 cm³/mol. The van der Waals surface area contributed by atoms with Gasteiger partial charge >= 0.3 is 0 Å². The highest BCUT2D eigenvalue weighted by Crippen LogP contribution is 2.44. The van der Waals surface area contributed by atoms with E-state index in [-0.39, 0.29) is 35.6 Å². The molecular weight excluding hydrogens is 426 g/mol. The van der Waals surface area contributed by atoms with Gasteiger partial charge in [-0.2, -0.15) is 8.42 Å². The molecule has 0 amide bonds. The lowest BCUT2D eigenvalue weighted by Crippen LogP contribution is -2.45. The van der Waals surface area contributed by atoms with Gasteiger partial charge in [0, 0.05) is 5.02 Å². The Morgan fingerprint density at radius 1 is 1.03 bits per heavy atom. The first kappa shape index (κ1) is 22.1. The summed E-state index contributed by atoms with van der Waals surface area (Å²) < 4.78 is 58.0. The van der Waals surface area contributed by atoms with Crippen molar-refractivity contribution in [3.8, 4) is 0 Å². The molecule has 0 aromatic heterocycles. The SMILES string of the molecule is Cc1ccc(S(=O)(=O)OC[C@]2(O)CC[C@](O)(c3c(F)cc(Cl)cc3F)CC2)cc1. The maximum atomic E-state index is 14.2. The van der Waals surface area contributed by atoms with Crippen LogP contribution in [-0.4, -0.2) is 30.8 Å². The second kappa shape index (κ2) is 7.92. The van der Waals surface area contributed by atoms with Crippen molar-refractivity contribution in [2.75, 3.05) is 6.61 Å². The van der Waals surface area contributed by atoms with Crippen LogP contribution in [0.25, 0.3) is 0 Å². The second-order valence-electron chi connectivity index (χ2n) is 7.53. The van der Waals surface area contributed by atoms with Gasteiger partial charge in [0.2, 0.25) is 0 Å². The van der Waals surface area contributed by atoms with Gasteiger partial charge in [-0.1, -0.05) is 29.3 Å². The normalized spacial score (nSPS) is 25.2. The third-order valence-electron chi connectivity index (χ3n) is 5.27. The summed E-state index contributed by atoms with van der Waals surface area (Å²) in [6.45, 7) is 1.29. The summed E-state index contributed by atoms with van der Waals surface area (Å²) in [4.78, 5) is -0.0377. The molecule has 1 aliphatic carbocycles. The Hall–Kier alpha value is -1.58. The van der Waals surface area contributed by atoms with E-state index in [1.54, 1.807) is 12.1 Å². The van der Waals surface area contributed by atoms with E-state index in [4.69, 9.17) is 15.8 Å². The average Bonchev–Trinajstić information content (AvgIpc) is 2.63. The van der Waals surface area contributed by atoms with Crippen LogP contribution in [0.1, 0.15) is 36.8 Å². The number of hydrogen-bond acceptors (Lipinski definition) is 5. The molecule has 2 N–H and O–H groups in total. The van der Waals surface area contributed by atoms with E-state index < -0.39 is 45.1 Å². The fraction of sp³-hybridized carbons (Fsp3) is 0.400. The van der Waals surface area contributed by atoms with Crippen LogP contribution in [-0.2, 0) is 19.9 Å². The zero-order valence-electron chi connectivity index (χ0n) is 15.7. The van der Waals surface area contributed by atoms with Crippen LogP contribution in [0.2, 0.25) is 5.02 Å². The number of benzene rings is 2. The first-order valence-corrected chi connectivity index (χ1v) is 10.8. The molecule has 0 atom stereocenters. The summed E-state index contributed by atoms with van der Waals surface area (Å²) in [5.41, 5.74) is -3.00. The molecule has 0 unspecified atom stereocenters. The molecule has 0 aliphatic heterocycles. The van der Waals surface area contributed by atoms with Crippen LogP contribution in [0.5, 0.6) is 0 Å². The minimum absolute atomic E-state index is 0.0377. The van der Waals surface area contributed by atoms with Crippen molar-refractivity contribution in [1.29, 1.82) is 0 Å². The molecule has 1 fully saturated rings. The third-order valence-corrected chi connectivity index (χ3v) is 6.77. The fourth-order valence-corrected chi connectivity index (χ4v) is 4.64. The van der Waals surface area contributed by atoms with Crippen LogP contribution in [0.3, 0.4) is 0 Å². The maximum Gasteiger partial charge on any atom is 0.297 e. The highest BCUT2D eigenvalue weighted by molar-refractivity contribution is 7.86. The highest BCUT2D eigenvalue weighted by atomic mass is 35.5. The van der Waals surface area contributed by atoms with Gasteiger partial charge in [0.15, 0.2) is 0 Å². The number of rotatable bonds is 5. The molecule has 0 heterocycles. The Balaban J connectivity index is 1.70. The van der Waals surface area contributed by atoms with Crippen molar-refractivity contribution in [3.05, 3.63) is 64.2 Å². The summed E-state index contributed by atoms with van der Waals surface area (Å²) in [5, 5.41) is 21.3. The molecule has 0 spiro atoms. The molecule has 158 valence electrons. The Kier molecular flexibility index (Phi) is 6.04. The number of aryl methyl sites for hydroxylation is 1. The van der Waals surface area contributed by atoms with Gasteiger partial charge in [-0.15, -0.1) is 0 Å². The van der Waals surface area contributed by atoms with E-state index in [9.17, 15) is 27.4 Å². The Morgan fingerprint density at radius 2 is 1.55 bits per heavy atom. The molecule has 1 saturated carbocycles. The van der Waals surface area contributed by atoms with Gasteiger partial charge in [-0.3, -0.25) is 4.18 Å². The standard InChI is InChI=1S/C20H21ClF2O5S/c1-13-2-4-15(5-3-13)29(26,27)28-12-19(24)6-8-20(25,9-7-19)18-16(22)10-14(21)11-17(18)23/h2-5,10-11,24-25H,6-9,12H2,1H3/t19-,20+. The van der Waals surface area contributed by atoms with Gasteiger partial charge in [-0.05, 0) is 56.9 Å². The number of aliphatic hydroxyl groups is 2. The maximum absolute atomic E-state index is 14.2. The van der Waals surface area contributed by atoms with Crippen molar-refractivity contribution in [3.63, 3.8) is 0 Å². The first-order valence-electron chi connectivity index (χ1n) is 9.00. The first-order chi connectivity index (χ1) is 13.4. The van der Waals surface area contributed by atoms with Gasteiger partial charge in [0.05, 0.1) is 28.3 Å². The van der Waals surface area contributed by atoms with Crippen LogP contribution in [0, 0.1) is 18.6 Å². The summed E-state index contributed by atoms with van der Waals surface area (Å²) in [6, 6.07) is 7.88. The predicted octanol–water partition coefficient (Wildman–Crippen LogP) is 3.82. The number of halogens is 3. The summed E-state index contributed by atoms with van der Waals surface area (Å²) in [5.74, 6) is -1.94. The van der Waals surface area contributed by atoms with Crippen molar-refractivity contribution in [2.24, 2.45) is 0 Å². The number of hydrogen-bond donors (Lipinski definition) is 2. The van der Waals surface area contributed by atoms with E-state index in [2.05, 4.69) is 0 Å². The minimum Gasteiger partial charge on any atom is -0.387 e. The monoisotopic (exact) mass is 446 g/mol. The molecule has 0 saturated heterocycles. The molecule has 1 aliphatic rings. The lowest BCUT2D eigenvalue weighted by molar-refractivity contribution is -0.102. The average molecular weight is 447 g/mol. The smallest absolute Gasteiger partial charge is 0.297 e. The molecule has 3 rings (SSSR count). The van der Waals surface area contributed by atoms with Gasteiger partial charge in [-0.25, -0.2) is 8.78 Å². The largest absolute Gasteiger partial charge is 0.387 e. The lowest BCUT2D eigenvalue weighted by Gasteiger charge is -2.41. The second-order valence-corrected chi connectivity index (χ2v) is 9.58. The molecule has 0 bridgehead atoms. The van der Waals surface area contributed by atoms with Crippen molar-refractivity contribution in [1.82, 2.24) is 0 Å². The van der Waals surface area contributed by atoms with Gasteiger partial charge in [0.25, 0.3) is 10.1 Å². The fourth-order valence-electron chi connectivity index (χ4n) is 3.47. The Labute approximate surface area is 173 Å². The molecule has 5 nitrogen and oxygen atoms in total. The van der Waals surface area contributed by atoms with E-state index in [1.807, 2.05) is 6.92 Å². The quantitative estimate of drug-likeness (QED) is 0.682. The Bertz CT molecular complexity index is 977. The highest BCUT2D eigenvalue weighted by Gasteiger charge is 2.45. The van der Waals surface area contributed by atoms with Gasteiger partial charge < -0.3 is 10.2 Å². The van der Waals surface area contributed by atoms with E-state index in [0.717, 1.165) is 17.7 Å². The minimum atomic E-state index is -4.07. The summed E-state index contributed by atoms with van der Waals surface area (Å²) in [6.07, 6.45) is -0.553. The molecular formula is C20H21ClF2O5S. The van der Waals surface area contributed by atoms with Gasteiger partial charge in [0.1, 0.15) is 11.6 Å². The van der Waals surface area contributed by atoms with E-state index in [0.29, 0.717) is 0 Å². The molecule has 2 aromatic carbocycles. The summed E-state index contributed by atoms with van der Waals surface area (Å²) >= 11 is 5.62. The molecule has 29 heavy (non-hydrogen) atoms. The summed E-state index contributed by atoms with van der Waals surface area (Å²) in [7, 11) is -4.07.